The number of hydrogen-bond acceptors (Lipinski definition) is 6. The van der Waals surface area contributed by atoms with Crippen molar-refractivity contribution in [3.05, 3.63) is 69.2 Å². The van der Waals surface area contributed by atoms with Crippen LogP contribution >= 0.6 is 11.3 Å². The molecule has 2 N–H and O–H groups in total. The van der Waals surface area contributed by atoms with E-state index in [0.717, 1.165) is 16.3 Å². The van der Waals surface area contributed by atoms with E-state index >= 15 is 0 Å². The van der Waals surface area contributed by atoms with Gasteiger partial charge in [0.25, 0.3) is 11.6 Å². The summed E-state index contributed by atoms with van der Waals surface area (Å²) in [5, 5.41) is 19.8. The number of nitrogens with one attached hydrogen (secondary N) is 2. The second-order valence-corrected chi connectivity index (χ2v) is 6.43. The third kappa shape index (κ3) is 3.70. The zero-order valence-electron chi connectivity index (χ0n) is 14.1. The molecule has 0 unspecified atom stereocenters. The number of benzene rings is 2. The maximum Gasteiger partial charge on any atom is 0.293 e. The van der Waals surface area contributed by atoms with Gasteiger partial charge in [-0.1, -0.05) is 12.1 Å². The lowest BCUT2D eigenvalue weighted by atomic mass is 10.1. The standard InChI is InChI=1S/C18H16N4O3S/c1-11-10-26-18(20-11)13-4-3-5-14(8-13)21-15-7-6-12(17(23)19-2)9-16(15)22(24)25/h3-10,21H,1-2H3,(H,19,23). The van der Waals surface area contributed by atoms with Crippen LogP contribution in [0.15, 0.2) is 47.8 Å². The highest BCUT2D eigenvalue weighted by atomic mass is 32.1. The smallest absolute Gasteiger partial charge is 0.293 e. The molecule has 1 amide bonds. The molecule has 132 valence electrons. The van der Waals surface area contributed by atoms with E-state index in [0.29, 0.717) is 11.4 Å². The summed E-state index contributed by atoms with van der Waals surface area (Å²) < 4.78 is 0. The second kappa shape index (κ2) is 7.32. The number of amides is 1. The minimum atomic E-state index is -0.511. The summed E-state index contributed by atoms with van der Waals surface area (Å²) in [6, 6.07) is 11.8. The Morgan fingerprint density at radius 2 is 2.04 bits per heavy atom. The molecule has 0 aliphatic rings. The third-order valence-electron chi connectivity index (χ3n) is 3.69. The molecule has 0 aliphatic carbocycles. The Hall–Kier alpha value is -3.26. The van der Waals surface area contributed by atoms with Crippen molar-refractivity contribution in [1.82, 2.24) is 10.3 Å². The number of nitrogens with zero attached hydrogens (tertiary/aromatic N) is 2. The van der Waals surface area contributed by atoms with Gasteiger partial charge in [0.2, 0.25) is 0 Å². The molecule has 1 aromatic heterocycles. The van der Waals surface area contributed by atoms with E-state index in [2.05, 4.69) is 15.6 Å². The van der Waals surface area contributed by atoms with Gasteiger partial charge < -0.3 is 10.6 Å². The number of carbonyl (C=O) groups excluding carboxylic acids is 1. The van der Waals surface area contributed by atoms with Crippen molar-refractivity contribution in [2.45, 2.75) is 6.92 Å². The van der Waals surface area contributed by atoms with Gasteiger partial charge in [-0.2, -0.15) is 0 Å². The van der Waals surface area contributed by atoms with Crippen LogP contribution in [0.3, 0.4) is 0 Å². The second-order valence-electron chi connectivity index (χ2n) is 5.57. The average molecular weight is 368 g/mol. The maximum absolute atomic E-state index is 11.7. The number of nitro groups is 1. The van der Waals surface area contributed by atoms with Gasteiger partial charge in [-0.3, -0.25) is 14.9 Å². The van der Waals surface area contributed by atoms with Crippen LogP contribution < -0.4 is 10.6 Å². The van der Waals surface area contributed by atoms with Gasteiger partial charge in [0.1, 0.15) is 10.7 Å². The molecular formula is C18H16N4O3S. The molecule has 0 fully saturated rings. The zero-order valence-corrected chi connectivity index (χ0v) is 15.0. The highest BCUT2D eigenvalue weighted by Crippen LogP contribution is 2.31. The number of nitro benzene ring substituents is 1. The molecule has 8 heteroatoms. The average Bonchev–Trinajstić information content (AvgIpc) is 3.08. The lowest BCUT2D eigenvalue weighted by molar-refractivity contribution is -0.383. The van der Waals surface area contributed by atoms with E-state index in [1.165, 1.54) is 19.2 Å². The molecular weight excluding hydrogens is 352 g/mol. The van der Waals surface area contributed by atoms with Crippen LogP contribution in [0, 0.1) is 17.0 Å². The Kier molecular flexibility index (Phi) is 4.94. The summed E-state index contributed by atoms with van der Waals surface area (Å²) in [6.07, 6.45) is 0. The van der Waals surface area contributed by atoms with Crippen LogP contribution in [0.5, 0.6) is 0 Å². The Morgan fingerprint density at radius 1 is 1.23 bits per heavy atom. The summed E-state index contributed by atoms with van der Waals surface area (Å²) in [5.41, 5.74) is 2.96. The fourth-order valence-corrected chi connectivity index (χ4v) is 3.24. The minimum Gasteiger partial charge on any atom is -0.355 e. The number of carbonyl (C=O) groups is 1. The first kappa shape index (κ1) is 17.6. The van der Waals surface area contributed by atoms with Gasteiger partial charge in [0.15, 0.2) is 0 Å². The number of hydrogen-bond donors (Lipinski definition) is 2. The highest BCUT2D eigenvalue weighted by molar-refractivity contribution is 7.13. The lowest BCUT2D eigenvalue weighted by Gasteiger charge is -2.09. The first-order valence-corrected chi connectivity index (χ1v) is 8.66. The topological polar surface area (TPSA) is 97.2 Å². The number of anilines is 2. The number of aromatic nitrogens is 1. The Morgan fingerprint density at radius 3 is 2.69 bits per heavy atom. The van der Waals surface area contributed by atoms with Crippen LogP contribution in [0.25, 0.3) is 10.6 Å². The maximum atomic E-state index is 11.7. The van der Waals surface area contributed by atoms with Crippen molar-refractivity contribution < 1.29 is 9.72 Å². The predicted octanol–water partition coefficient (Wildman–Crippen LogP) is 4.13. The Labute approximate surface area is 153 Å². The first-order valence-electron chi connectivity index (χ1n) is 7.78. The van der Waals surface area contributed by atoms with E-state index < -0.39 is 4.92 Å². The van der Waals surface area contributed by atoms with Crippen molar-refractivity contribution in [3.8, 4) is 10.6 Å². The molecule has 7 nitrogen and oxygen atoms in total. The molecule has 0 radical (unpaired) electrons. The van der Waals surface area contributed by atoms with Crippen LogP contribution in [-0.2, 0) is 0 Å². The van der Waals surface area contributed by atoms with Crippen LogP contribution in [0.2, 0.25) is 0 Å². The first-order chi connectivity index (χ1) is 12.5. The zero-order chi connectivity index (χ0) is 18.7. The van der Waals surface area contributed by atoms with E-state index in [-0.39, 0.29) is 17.2 Å². The van der Waals surface area contributed by atoms with Crippen LogP contribution in [0.1, 0.15) is 16.1 Å². The number of thiazole rings is 1. The molecule has 0 saturated carbocycles. The SMILES string of the molecule is CNC(=O)c1ccc(Nc2cccc(-c3nc(C)cs3)c2)c([N+](=O)[O-])c1. The monoisotopic (exact) mass is 368 g/mol. The summed E-state index contributed by atoms with van der Waals surface area (Å²) in [5.74, 6) is -0.374. The van der Waals surface area contributed by atoms with E-state index in [1.807, 2.05) is 36.6 Å². The minimum absolute atomic E-state index is 0.165. The van der Waals surface area contributed by atoms with Gasteiger partial charge in [0.05, 0.1) is 4.92 Å². The summed E-state index contributed by atoms with van der Waals surface area (Å²) in [6.45, 7) is 1.93. The molecule has 0 atom stereocenters. The number of rotatable bonds is 5. The van der Waals surface area contributed by atoms with Gasteiger partial charge in [0, 0.05) is 41.0 Å². The van der Waals surface area contributed by atoms with Gasteiger partial charge in [-0.25, -0.2) is 4.98 Å². The molecule has 0 spiro atoms. The van der Waals surface area contributed by atoms with Crippen molar-refractivity contribution >= 4 is 34.3 Å². The fourth-order valence-electron chi connectivity index (χ4n) is 2.45. The molecule has 1 heterocycles. The van der Waals surface area contributed by atoms with Crippen molar-refractivity contribution in [1.29, 1.82) is 0 Å². The van der Waals surface area contributed by atoms with Crippen LogP contribution in [0.4, 0.5) is 17.1 Å². The van der Waals surface area contributed by atoms with Crippen molar-refractivity contribution in [3.63, 3.8) is 0 Å². The molecule has 2 aromatic carbocycles. The Bertz CT molecular complexity index is 984. The normalized spacial score (nSPS) is 10.4. The summed E-state index contributed by atoms with van der Waals surface area (Å²) >= 11 is 1.54. The quantitative estimate of drug-likeness (QED) is 0.521. The number of aryl methyl sites for hydroxylation is 1. The summed E-state index contributed by atoms with van der Waals surface area (Å²) in [4.78, 5) is 27.0. The molecule has 0 saturated heterocycles. The van der Waals surface area contributed by atoms with Gasteiger partial charge >= 0.3 is 0 Å². The molecule has 3 rings (SSSR count). The summed E-state index contributed by atoms with van der Waals surface area (Å²) in [7, 11) is 1.48. The van der Waals surface area contributed by atoms with E-state index in [9.17, 15) is 14.9 Å². The van der Waals surface area contributed by atoms with Gasteiger partial charge in [-0.15, -0.1) is 11.3 Å². The molecule has 0 bridgehead atoms. The fraction of sp³-hybridized carbons (Fsp3) is 0.111. The third-order valence-corrected chi connectivity index (χ3v) is 4.70. The van der Waals surface area contributed by atoms with E-state index in [4.69, 9.17) is 0 Å². The predicted molar refractivity (Wildman–Crippen MR) is 102 cm³/mol. The van der Waals surface area contributed by atoms with Gasteiger partial charge in [-0.05, 0) is 31.2 Å². The van der Waals surface area contributed by atoms with E-state index in [1.54, 1.807) is 17.4 Å². The van der Waals surface area contributed by atoms with Crippen molar-refractivity contribution in [2.24, 2.45) is 0 Å². The largest absolute Gasteiger partial charge is 0.355 e. The van der Waals surface area contributed by atoms with Crippen LogP contribution in [-0.4, -0.2) is 22.9 Å². The lowest BCUT2D eigenvalue weighted by Crippen LogP contribution is -2.17. The van der Waals surface area contributed by atoms with Crippen molar-refractivity contribution in [2.75, 3.05) is 12.4 Å². The molecule has 26 heavy (non-hydrogen) atoms. The highest BCUT2D eigenvalue weighted by Gasteiger charge is 2.17. The molecule has 3 aromatic rings. The molecule has 0 aliphatic heterocycles. The Balaban J connectivity index is 1.93.